The second-order valence-electron chi connectivity index (χ2n) is 1.55. The maximum atomic E-state index is 9.96. The highest BCUT2D eigenvalue weighted by Crippen LogP contribution is 1.82. The van der Waals surface area contributed by atoms with Crippen LogP contribution >= 0.6 is 0 Å². The van der Waals surface area contributed by atoms with E-state index < -0.39 is 21.8 Å². The minimum Gasteiger partial charge on any atom is -0.366 e. The molecule has 0 spiro atoms. The van der Waals surface area contributed by atoms with E-state index in [1.807, 2.05) is 0 Å². The van der Waals surface area contributed by atoms with Crippen LogP contribution in [0.15, 0.2) is 12.2 Å². The van der Waals surface area contributed by atoms with Crippen molar-refractivity contribution in [3.8, 4) is 0 Å². The zero-order chi connectivity index (χ0) is 8.20. The molecule has 0 radical (unpaired) electrons. The fraction of sp³-hybridized carbons (Fsp3) is 0.250. The molecule has 0 aliphatic heterocycles. The number of rotatable bonds is 3. The predicted molar refractivity (Wildman–Crippen MR) is 34.8 cm³/mol. The topological polar surface area (TPSA) is 97.5 Å². The van der Waals surface area contributed by atoms with Gasteiger partial charge in [-0.3, -0.25) is 9.35 Å². The molecule has 0 saturated carbocycles. The molecule has 0 heterocycles. The van der Waals surface area contributed by atoms with Crippen LogP contribution in [0.2, 0.25) is 0 Å². The Morgan fingerprint density at radius 1 is 1.60 bits per heavy atom. The van der Waals surface area contributed by atoms with E-state index in [0.717, 1.165) is 12.2 Å². The molecule has 10 heavy (non-hydrogen) atoms. The van der Waals surface area contributed by atoms with Crippen molar-refractivity contribution in [2.45, 2.75) is 0 Å². The average molecular weight is 165 g/mol. The van der Waals surface area contributed by atoms with Gasteiger partial charge in [-0.15, -0.1) is 0 Å². The summed E-state index contributed by atoms with van der Waals surface area (Å²) in [6.07, 6.45) is 1.84. The molecule has 0 aliphatic rings. The first-order valence-corrected chi connectivity index (χ1v) is 3.94. The molecule has 0 aromatic heterocycles. The second kappa shape index (κ2) is 3.33. The summed E-state index contributed by atoms with van der Waals surface area (Å²) in [7, 11) is -4.01. The number of hydrogen-bond acceptors (Lipinski definition) is 3. The lowest BCUT2D eigenvalue weighted by molar-refractivity contribution is -0.113. The SMILES string of the molecule is NC(=O)C=CCS(=O)(=O)O. The van der Waals surface area contributed by atoms with E-state index in [1.165, 1.54) is 0 Å². The first-order chi connectivity index (χ1) is 4.42. The minimum absolute atomic E-state index is 0.587. The quantitative estimate of drug-likeness (QED) is 0.410. The first kappa shape index (κ1) is 9.12. The summed E-state index contributed by atoms with van der Waals surface area (Å²) in [4.78, 5) is 9.94. The molecule has 0 aromatic rings. The van der Waals surface area contributed by atoms with E-state index >= 15 is 0 Å². The molecule has 0 unspecified atom stereocenters. The molecule has 3 N–H and O–H groups in total. The van der Waals surface area contributed by atoms with Crippen LogP contribution in [0.25, 0.3) is 0 Å². The smallest absolute Gasteiger partial charge is 0.268 e. The number of hydrogen-bond donors (Lipinski definition) is 2. The second-order valence-corrected chi connectivity index (χ2v) is 3.05. The van der Waals surface area contributed by atoms with Gasteiger partial charge in [0.05, 0.1) is 5.75 Å². The summed E-state index contributed by atoms with van der Waals surface area (Å²) in [5.74, 6) is -1.33. The van der Waals surface area contributed by atoms with Crippen molar-refractivity contribution in [2.24, 2.45) is 5.73 Å². The van der Waals surface area contributed by atoms with Gasteiger partial charge in [0.15, 0.2) is 0 Å². The third kappa shape index (κ3) is 7.12. The standard InChI is InChI=1S/C4H7NO4S/c5-4(6)2-1-3-10(7,8)9/h1-2H,3H2,(H2,5,6)(H,7,8,9). The van der Waals surface area contributed by atoms with Crippen LogP contribution in [-0.2, 0) is 14.9 Å². The van der Waals surface area contributed by atoms with Gasteiger partial charge in [0.2, 0.25) is 5.91 Å². The number of primary amides is 1. The van der Waals surface area contributed by atoms with E-state index in [0.29, 0.717) is 0 Å². The summed E-state index contributed by atoms with van der Waals surface area (Å²) in [5, 5.41) is 0. The Morgan fingerprint density at radius 2 is 2.10 bits per heavy atom. The third-order valence-corrected chi connectivity index (χ3v) is 1.20. The maximum absolute atomic E-state index is 9.96. The van der Waals surface area contributed by atoms with Crippen LogP contribution < -0.4 is 5.73 Å². The van der Waals surface area contributed by atoms with Crippen LogP contribution in [0.4, 0.5) is 0 Å². The molecule has 0 aliphatic carbocycles. The molecule has 5 nitrogen and oxygen atoms in total. The molecule has 0 aromatic carbocycles. The molecule has 0 atom stereocenters. The largest absolute Gasteiger partial charge is 0.366 e. The van der Waals surface area contributed by atoms with Crippen molar-refractivity contribution in [3.05, 3.63) is 12.2 Å². The lowest BCUT2D eigenvalue weighted by Crippen LogP contribution is -2.07. The maximum Gasteiger partial charge on any atom is 0.268 e. The molecule has 58 valence electrons. The molecular formula is C4H7NO4S. The van der Waals surface area contributed by atoms with Crippen LogP contribution in [-0.4, -0.2) is 24.6 Å². The molecule has 1 amide bonds. The Hall–Kier alpha value is -0.880. The normalized spacial score (nSPS) is 12.1. The van der Waals surface area contributed by atoms with Gasteiger partial charge >= 0.3 is 0 Å². The molecule has 0 fully saturated rings. The summed E-state index contributed by atoms with van der Waals surface area (Å²) in [6.45, 7) is 0. The summed E-state index contributed by atoms with van der Waals surface area (Å²) < 4.78 is 28.0. The zero-order valence-corrected chi connectivity index (χ0v) is 5.84. The highest BCUT2D eigenvalue weighted by atomic mass is 32.2. The zero-order valence-electron chi connectivity index (χ0n) is 5.02. The van der Waals surface area contributed by atoms with Gasteiger partial charge in [0.1, 0.15) is 0 Å². The molecular weight excluding hydrogens is 158 g/mol. The Labute approximate surface area is 58.3 Å². The number of carbonyl (C=O) groups is 1. The molecule has 6 heteroatoms. The van der Waals surface area contributed by atoms with Crippen molar-refractivity contribution in [3.63, 3.8) is 0 Å². The van der Waals surface area contributed by atoms with Crippen molar-refractivity contribution in [1.82, 2.24) is 0 Å². The average Bonchev–Trinajstić information content (AvgIpc) is 1.59. The van der Waals surface area contributed by atoms with Gasteiger partial charge in [-0.1, -0.05) is 6.08 Å². The van der Waals surface area contributed by atoms with Gasteiger partial charge in [-0.05, 0) is 6.08 Å². The van der Waals surface area contributed by atoms with Crippen LogP contribution in [0.1, 0.15) is 0 Å². The number of amides is 1. The van der Waals surface area contributed by atoms with Crippen molar-refractivity contribution in [2.75, 3.05) is 5.75 Å². The Kier molecular flexibility index (Phi) is 3.04. The summed E-state index contributed by atoms with van der Waals surface area (Å²) in [5.41, 5.74) is 4.62. The lowest BCUT2D eigenvalue weighted by atomic mass is 10.5. The van der Waals surface area contributed by atoms with Crippen LogP contribution in [0.5, 0.6) is 0 Å². The fourth-order valence-electron chi connectivity index (χ4n) is 0.286. The van der Waals surface area contributed by atoms with Gasteiger partial charge in [0, 0.05) is 0 Å². The Bertz CT molecular complexity index is 240. The third-order valence-electron chi connectivity index (χ3n) is 0.589. The highest BCUT2D eigenvalue weighted by molar-refractivity contribution is 7.85. The first-order valence-electron chi connectivity index (χ1n) is 2.33. The van der Waals surface area contributed by atoms with Gasteiger partial charge < -0.3 is 5.73 Å². The Balaban J connectivity index is 3.88. The molecule has 0 rings (SSSR count). The number of nitrogens with two attached hydrogens (primary N) is 1. The van der Waals surface area contributed by atoms with E-state index in [2.05, 4.69) is 5.73 Å². The number of carbonyl (C=O) groups excluding carboxylic acids is 1. The van der Waals surface area contributed by atoms with Gasteiger partial charge in [-0.25, -0.2) is 0 Å². The fourth-order valence-corrected chi connectivity index (χ4v) is 0.625. The Morgan fingerprint density at radius 3 is 2.40 bits per heavy atom. The highest BCUT2D eigenvalue weighted by Gasteiger charge is 1.98. The van der Waals surface area contributed by atoms with Gasteiger partial charge in [0.25, 0.3) is 10.1 Å². The summed E-state index contributed by atoms with van der Waals surface area (Å²) in [6, 6.07) is 0. The lowest BCUT2D eigenvalue weighted by Gasteiger charge is -1.85. The van der Waals surface area contributed by atoms with Crippen LogP contribution in [0, 0.1) is 0 Å². The van der Waals surface area contributed by atoms with Gasteiger partial charge in [-0.2, -0.15) is 8.42 Å². The van der Waals surface area contributed by atoms with E-state index in [-0.39, 0.29) is 0 Å². The monoisotopic (exact) mass is 165 g/mol. The summed E-state index contributed by atoms with van der Waals surface area (Å²) >= 11 is 0. The minimum atomic E-state index is -4.01. The van der Waals surface area contributed by atoms with E-state index in [4.69, 9.17) is 4.55 Å². The van der Waals surface area contributed by atoms with Crippen molar-refractivity contribution >= 4 is 16.0 Å². The van der Waals surface area contributed by atoms with Crippen molar-refractivity contribution < 1.29 is 17.8 Å². The molecule has 0 bridgehead atoms. The van der Waals surface area contributed by atoms with E-state index in [1.54, 1.807) is 0 Å². The predicted octanol–water partition coefficient (Wildman–Crippen LogP) is -1.08. The van der Waals surface area contributed by atoms with E-state index in [9.17, 15) is 13.2 Å². The van der Waals surface area contributed by atoms with Crippen LogP contribution in [0.3, 0.4) is 0 Å². The molecule has 0 saturated heterocycles. The van der Waals surface area contributed by atoms with Crippen molar-refractivity contribution in [1.29, 1.82) is 0 Å².